The van der Waals surface area contributed by atoms with E-state index in [9.17, 15) is 0 Å². The Morgan fingerprint density at radius 3 is 2.57 bits per heavy atom. The molecule has 0 aliphatic heterocycles. The van der Waals surface area contributed by atoms with E-state index in [1.165, 1.54) is 33.3 Å². The lowest BCUT2D eigenvalue weighted by Gasteiger charge is -2.10. The molecule has 3 rings (SSSR count). The summed E-state index contributed by atoms with van der Waals surface area (Å²) in [5, 5.41) is 1.31. The molecule has 2 aromatic carbocycles. The first-order valence-electron chi connectivity index (χ1n) is 7.13. The van der Waals surface area contributed by atoms with Crippen molar-refractivity contribution in [1.82, 2.24) is 4.57 Å². The second kappa shape index (κ2) is 5.66. The van der Waals surface area contributed by atoms with Crippen LogP contribution in [0.4, 0.5) is 0 Å². The zero-order valence-electron chi connectivity index (χ0n) is 12.4. The van der Waals surface area contributed by atoms with Gasteiger partial charge in [0.25, 0.3) is 0 Å². The first kappa shape index (κ1) is 14.4. The van der Waals surface area contributed by atoms with Crippen LogP contribution in [-0.4, -0.2) is 4.57 Å². The Hall–Kier alpha value is -1.58. The van der Waals surface area contributed by atoms with Gasteiger partial charge in [0, 0.05) is 34.2 Å². The Bertz CT molecular complexity index is 802. The molecule has 0 unspecified atom stereocenters. The van der Waals surface area contributed by atoms with Gasteiger partial charge in [-0.2, -0.15) is 0 Å². The van der Waals surface area contributed by atoms with Gasteiger partial charge >= 0.3 is 0 Å². The summed E-state index contributed by atoms with van der Waals surface area (Å²) >= 11 is 3.64. The number of halogens is 1. The lowest BCUT2D eigenvalue weighted by atomic mass is 10.1. The van der Waals surface area contributed by atoms with Crippen molar-refractivity contribution in [2.75, 3.05) is 0 Å². The van der Waals surface area contributed by atoms with Gasteiger partial charge in [-0.05, 0) is 48.7 Å². The SMILES string of the molecule is Cc1c(C)n(Cc2ccccc2Br)c2ccc(CN)cc12. The van der Waals surface area contributed by atoms with Gasteiger partial charge in [0.15, 0.2) is 0 Å². The van der Waals surface area contributed by atoms with Crippen LogP contribution in [0.1, 0.15) is 22.4 Å². The molecule has 2 N–H and O–H groups in total. The highest BCUT2D eigenvalue weighted by atomic mass is 79.9. The van der Waals surface area contributed by atoms with Crippen molar-refractivity contribution in [1.29, 1.82) is 0 Å². The molecule has 0 saturated heterocycles. The molecule has 0 radical (unpaired) electrons. The van der Waals surface area contributed by atoms with E-state index < -0.39 is 0 Å². The largest absolute Gasteiger partial charge is 0.340 e. The smallest absolute Gasteiger partial charge is 0.0489 e. The van der Waals surface area contributed by atoms with Crippen LogP contribution in [0, 0.1) is 13.8 Å². The number of fused-ring (bicyclic) bond motifs is 1. The molecule has 0 spiro atoms. The molecule has 2 nitrogen and oxygen atoms in total. The van der Waals surface area contributed by atoms with Crippen molar-refractivity contribution < 1.29 is 0 Å². The van der Waals surface area contributed by atoms with E-state index in [1.54, 1.807) is 0 Å². The Morgan fingerprint density at radius 2 is 1.86 bits per heavy atom. The second-order valence-electron chi connectivity index (χ2n) is 5.44. The molecule has 1 aromatic heterocycles. The number of rotatable bonds is 3. The fourth-order valence-electron chi connectivity index (χ4n) is 2.82. The molecule has 0 aliphatic carbocycles. The monoisotopic (exact) mass is 342 g/mol. The number of aryl methyl sites for hydroxylation is 1. The van der Waals surface area contributed by atoms with Crippen LogP contribution in [0.2, 0.25) is 0 Å². The average Bonchev–Trinajstić information content (AvgIpc) is 2.74. The highest BCUT2D eigenvalue weighted by Crippen LogP contribution is 2.28. The Morgan fingerprint density at radius 1 is 1.10 bits per heavy atom. The van der Waals surface area contributed by atoms with Crippen LogP contribution in [0.3, 0.4) is 0 Å². The van der Waals surface area contributed by atoms with Gasteiger partial charge in [0.05, 0.1) is 0 Å². The molecular formula is C18H19BrN2. The van der Waals surface area contributed by atoms with Crippen LogP contribution in [0.15, 0.2) is 46.9 Å². The Labute approximate surface area is 133 Å². The highest BCUT2D eigenvalue weighted by molar-refractivity contribution is 9.10. The van der Waals surface area contributed by atoms with Crippen LogP contribution >= 0.6 is 15.9 Å². The molecule has 3 aromatic rings. The number of nitrogens with two attached hydrogens (primary N) is 1. The quantitative estimate of drug-likeness (QED) is 0.744. The summed E-state index contributed by atoms with van der Waals surface area (Å²) in [5.74, 6) is 0. The lowest BCUT2D eigenvalue weighted by molar-refractivity contribution is 0.797. The lowest BCUT2D eigenvalue weighted by Crippen LogP contribution is -2.02. The van der Waals surface area contributed by atoms with E-state index in [0.29, 0.717) is 6.54 Å². The maximum Gasteiger partial charge on any atom is 0.0489 e. The summed E-state index contributed by atoms with van der Waals surface area (Å²) in [6, 6.07) is 14.9. The van der Waals surface area contributed by atoms with Gasteiger partial charge in [-0.1, -0.05) is 40.2 Å². The van der Waals surface area contributed by atoms with Crippen LogP contribution in [0.25, 0.3) is 10.9 Å². The van der Waals surface area contributed by atoms with Crippen LogP contribution in [-0.2, 0) is 13.1 Å². The average molecular weight is 343 g/mol. The molecule has 21 heavy (non-hydrogen) atoms. The van der Waals surface area contributed by atoms with Crippen molar-refractivity contribution >= 4 is 26.8 Å². The van der Waals surface area contributed by atoms with Crippen molar-refractivity contribution in [3.8, 4) is 0 Å². The molecule has 0 bridgehead atoms. The number of aromatic nitrogens is 1. The van der Waals surface area contributed by atoms with Crippen molar-refractivity contribution in [3.63, 3.8) is 0 Å². The molecule has 0 fully saturated rings. The third-order valence-corrected chi connectivity index (χ3v) is 5.00. The number of benzene rings is 2. The van der Waals surface area contributed by atoms with Gasteiger partial charge in [-0.3, -0.25) is 0 Å². The molecular weight excluding hydrogens is 324 g/mol. The Balaban J connectivity index is 2.15. The minimum Gasteiger partial charge on any atom is -0.340 e. The molecule has 0 atom stereocenters. The zero-order valence-corrected chi connectivity index (χ0v) is 13.9. The van der Waals surface area contributed by atoms with Gasteiger partial charge in [-0.15, -0.1) is 0 Å². The first-order chi connectivity index (χ1) is 10.1. The van der Waals surface area contributed by atoms with Crippen molar-refractivity contribution in [3.05, 3.63) is 69.3 Å². The van der Waals surface area contributed by atoms with Gasteiger partial charge in [0.2, 0.25) is 0 Å². The van der Waals surface area contributed by atoms with Gasteiger partial charge in [0.1, 0.15) is 0 Å². The highest BCUT2D eigenvalue weighted by Gasteiger charge is 2.12. The van der Waals surface area contributed by atoms with Crippen molar-refractivity contribution in [2.24, 2.45) is 5.73 Å². The molecule has 3 heteroatoms. The van der Waals surface area contributed by atoms with Crippen molar-refractivity contribution in [2.45, 2.75) is 26.9 Å². The van der Waals surface area contributed by atoms with Gasteiger partial charge in [-0.25, -0.2) is 0 Å². The third-order valence-electron chi connectivity index (χ3n) is 4.23. The molecule has 0 saturated carbocycles. The predicted molar refractivity (Wildman–Crippen MR) is 92.5 cm³/mol. The summed E-state index contributed by atoms with van der Waals surface area (Å²) in [4.78, 5) is 0. The number of hydrogen-bond donors (Lipinski definition) is 1. The molecule has 1 heterocycles. The maximum atomic E-state index is 5.77. The predicted octanol–water partition coefficient (Wildman–Crippen LogP) is 4.53. The third kappa shape index (κ3) is 2.52. The van der Waals surface area contributed by atoms with E-state index in [2.05, 4.69) is 70.7 Å². The summed E-state index contributed by atoms with van der Waals surface area (Å²) in [5.41, 5.74) is 12.2. The fraction of sp³-hybridized carbons (Fsp3) is 0.222. The minimum atomic E-state index is 0.587. The van der Waals surface area contributed by atoms with Crippen LogP contribution < -0.4 is 5.73 Å². The Kier molecular flexibility index (Phi) is 3.87. The molecule has 108 valence electrons. The summed E-state index contributed by atoms with van der Waals surface area (Å²) in [6.45, 7) is 5.84. The minimum absolute atomic E-state index is 0.587. The number of hydrogen-bond acceptors (Lipinski definition) is 1. The number of nitrogens with zero attached hydrogens (tertiary/aromatic N) is 1. The van der Waals surface area contributed by atoms with E-state index in [1.807, 2.05) is 6.07 Å². The van der Waals surface area contributed by atoms with Gasteiger partial charge < -0.3 is 10.3 Å². The first-order valence-corrected chi connectivity index (χ1v) is 7.93. The zero-order chi connectivity index (χ0) is 15.0. The second-order valence-corrected chi connectivity index (χ2v) is 6.30. The van der Waals surface area contributed by atoms with E-state index in [4.69, 9.17) is 5.73 Å². The van der Waals surface area contributed by atoms with E-state index in [-0.39, 0.29) is 0 Å². The molecule has 0 aliphatic rings. The summed E-state index contributed by atoms with van der Waals surface area (Å²) < 4.78 is 3.54. The standard InChI is InChI=1S/C18H19BrN2/c1-12-13(2)21(11-15-5-3-4-6-17(15)19)18-8-7-14(10-20)9-16(12)18/h3-9H,10-11,20H2,1-2H3. The summed E-state index contributed by atoms with van der Waals surface area (Å²) in [6.07, 6.45) is 0. The van der Waals surface area contributed by atoms with E-state index in [0.717, 1.165) is 11.0 Å². The maximum absolute atomic E-state index is 5.77. The molecule has 0 amide bonds. The fourth-order valence-corrected chi connectivity index (χ4v) is 3.23. The van der Waals surface area contributed by atoms with E-state index >= 15 is 0 Å². The summed E-state index contributed by atoms with van der Waals surface area (Å²) in [7, 11) is 0. The van der Waals surface area contributed by atoms with Crippen LogP contribution in [0.5, 0.6) is 0 Å². The normalized spacial score (nSPS) is 11.2. The topological polar surface area (TPSA) is 30.9 Å².